The van der Waals surface area contributed by atoms with Gasteiger partial charge in [-0.25, -0.2) is 0 Å². The van der Waals surface area contributed by atoms with E-state index in [-0.39, 0.29) is 5.41 Å². The lowest BCUT2D eigenvalue weighted by molar-refractivity contribution is 0.661. The maximum Gasteiger partial charge on any atom is 0.180 e. The largest absolute Gasteiger partial charge is 0.456 e. The molecule has 79 heavy (non-hydrogen) atoms. The molecule has 2 aliphatic carbocycles. The smallest absolute Gasteiger partial charge is 0.180 e. The first kappa shape index (κ1) is 45.6. The minimum Gasteiger partial charge on any atom is -0.456 e. The minimum absolute atomic E-state index is 0.0984. The molecule has 0 bridgehead atoms. The summed E-state index contributed by atoms with van der Waals surface area (Å²) in [6, 6.07) is 107. The highest BCUT2D eigenvalue weighted by molar-refractivity contribution is 7.22. The standard InChI is InChI=1S/C76H53NOSi/c1-75(2)67-33-16-12-30-60(67)64-49-74-66(48-69(64)75)63-32-15-19-36-73(63)79(74,57-26-10-5-11-27-57)58-28-20-21-51(45-58)50-37-39-54(40-38-50)77(55-42-44-72-65(46-55)62-31-14-18-35-71(62)78-72)56-41-43-61-59-29-13-17-34-68(59)76(70(61)47-56,52-22-6-3-7-23-52)53-24-8-4-9-25-53/h3-49H,1-2H3. The van der Waals surface area contributed by atoms with Gasteiger partial charge in [0.15, 0.2) is 8.07 Å². The molecule has 3 aliphatic rings. The van der Waals surface area contributed by atoms with Gasteiger partial charge in [-0.05, 0) is 153 Å². The van der Waals surface area contributed by atoms with Gasteiger partial charge in [0.1, 0.15) is 11.2 Å². The number of hydrogen-bond donors (Lipinski definition) is 0. The van der Waals surface area contributed by atoms with Crippen molar-refractivity contribution in [2.24, 2.45) is 0 Å². The summed E-state index contributed by atoms with van der Waals surface area (Å²) < 4.78 is 6.43. The number of fused-ring (bicyclic) bond motifs is 12. The Kier molecular flexibility index (Phi) is 9.95. The van der Waals surface area contributed by atoms with Crippen LogP contribution in [0.5, 0.6) is 0 Å². The molecule has 2 nitrogen and oxygen atoms in total. The summed E-state index contributed by atoms with van der Waals surface area (Å²) in [5, 5.41) is 7.91. The third-order valence-corrected chi connectivity index (χ3v) is 22.9. The quantitative estimate of drug-likeness (QED) is 0.141. The zero-order valence-corrected chi connectivity index (χ0v) is 45.0. The van der Waals surface area contributed by atoms with Crippen molar-refractivity contribution < 1.29 is 4.42 Å². The van der Waals surface area contributed by atoms with E-state index in [9.17, 15) is 0 Å². The number of rotatable bonds is 8. The molecular formula is C76H53NOSi. The van der Waals surface area contributed by atoms with E-state index in [1.807, 2.05) is 6.07 Å². The molecule has 3 heteroatoms. The molecule has 0 saturated heterocycles. The minimum atomic E-state index is -2.86. The molecule has 1 unspecified atom stereocenters. The van der Waals surface area contributed by atoms with Crippen molar-refractivity contribution in [2.75, 3.05) is 4.90 Å². The third kappa shape index (κ3) is 6.45. The van der Waals surface area contributed by atoms with Gasteiger partial charge in [-0.15, -0.1) is 0 Å². The zero-order valence-electron chi connectivity index (χ0n) is 44.0. The Morgan fingerprint density at radius 1 is 0.316 bits per heavy atom. The SMILES string of the molecule is CC1(C)c2ccccc2-c2cc3c(cc21)-c1ccccc1[Si]3(c1ccccc1)c1cccc(-c2ccc(N(c3ccc4c(c3)C(c3ccccc3)(c3ccccc3)c3ccccc3-4)c3ccc4oc5ccccc5c4c3)cc2)c1. The molecule has 0 amide bonds. The van der Waals surface area contributed by atoms with Gasteiger partial charge in [0, 0.05) is 33.2 Å². The topological polar surface area (TPSA) is 16.4 Å². The van der Waals surface area contributed by atoms with E-state index in [1.54, 1.807) is 0 Å². The van der Waals surface area contributed by atoms with E-state index in [0.717, 1.165) is 39.0 Å². The highest BCUT2D eigenvalue weighted by Crippen LogP contribution is 2.58. The predicted octanol–water partition coefficient (Wildman–Crippen LogP) is 16.7. The maximum absolute atomic E-state index is 6.43. The fraction of sp³-hybridized carbons (Fsp3) is 0.0526. The summed E-state index contributed by atoms with van der Waals surface area (Å²) in [4.78, 5) is 2.44. The number of furan rings is 1. The highest BCUT2D eigenvalue weighted by atomic mass is 28.3. The molecule has 0 N–H and O–H groups in total. The van der Waals surface area contributed by atoms with Crippen molar-refractivity contribution in [1.29, 1.82) is 0 Å². The molecule has 1 aromatic heterocycles. The first-order valence-electron chi connectivity index (χ1n) is 27.6. The number of anilines is 3. The van der Waals surface area contributed by atoms with E-state index < -0.39 is 13.5 Å². The summed E-state index contributed by atoms with van der Waals surface area (Å²) >= 11 is 0. The van der Waals surface area contributed by atoms with Crippen LogP contribution in [-0.4, -0.2) is 8.07 Å². The highest BCUT2D eigenvalue weighted by Gasteiger charge is 2.51. The third-order valence-electron chi connectivity index (χ3n) is 18.0. The fourth-order valence-electron chi connectivity index (χ4n) is 14.6. The predicted molar refractivity (Wildman–Crippen MR) is 331 cm³/mol. The average molecular weight is 1020 g/mol. The van der Waals surface area contributed by atoms with E-state index in [4.69, 9.17) is 4.42 Å². The van der Waals surface area contributed by atoms with Crippen LogP contribution in [0.4, 0.5) is 17.1 Å². The summed E-state index contributed by atoms with van der Waals surface area (Å²) in [6.45, 7) is 4.79. The molecule has 16 rings (SSSR count). The van der Waals surface area contributed by atoms with Crippen molar-refractivity contribution in [2.45, 2.75) is 24.7 Å². The molecule has 0 radical (unpaired) electrons. The van der Waals surface area contributed by atoms with Crippen LogP contribution in [0.3, 0.4) is 0 Å². The monoisotopic (exact) mass is 1020 g/mol. The Balaban J connectivity index is 0.871. The summed E-state index contributed by atoms with van der Waals surface area (Å²) in [7, 11) is -2.86. The molecule has 0 fully saturated rings. The van der Waals surface area contributed by atoms with Gasteiger partial charge in [0.05, 0.1) is 5.41 Å². The first-order chi connectivity index (χ1) is 38.9. The zero-order chi connectivity index (χ0) is 52.5. The van der Waals surface area contributed by atoms with Gasteiger partial charge < -0.3 is 9.32 Å². The lowest BCUT2D eigenvalue weighted by Crippen LogP contribution is -2.72. The molecule has 13 aromatic rings. The Labute approximate surface area is 462 Å². The van der Waals surface area contributed by atoms with Crippen molar-refractivity contribution in [3.63, 3.8) is 0 Å². The number of hydrogen-bond acceptors (Lipinski definition) is 2. The molecular weight excluding hydrogens is 971 g/mol. The Morgan fingerprint density at radius 2 is 0.886 bits per heavy atom. The first-order valence-corrected chi connectivity index (χ1v) is 29.6. The Hall–Kier alpha value is -9.54. The molecule has 0 saturated carbocycles. The number of nitrogens with zero attached hydrogens (tertiary/aromatic N) is 1. The van der Waals surface area contributed by atoms with Crippen molar-refractivity contribution >= 4 is 67.8 Å². The lowest BCUT2D eigenvalue weighted by atomic mass is 9.67. The number of benzene rings is 12. The number of para-hydroxylation sites is 1. The van der Waals surface area contributed by atoms with E-state index in [1.165, 1.54) is 98.6 Å². The summed E-state index contributed by atoms with van der Waals surface area (Å²) in [5.74, 6) is 0. The van der Waals surface area contributed by atoms with Gasteiger partial charge >= 0.3 is 0 Å². The molecule has 2 heterocycles. The molecule has 0 spiro atoms. The van der Waals surface area contributed by atoms with Crippen molar-refractivity contribution in [1.82, 2.24) is 0 Å². The Morgan fingerprint density at radius 3 is 1.65 bits per heavy atom. The second-order valence-electron chi connectivity index (χ2n) is 22.3. The Bertz CT molecular complexity index is 4540. The van der Waals surface area contributed by atoms with E-state index in [0.29, 0.717) is 0 Å². The van der Waals surface area contributed by atoms with Gasteiger partial charge in [-0.1, -0.05) is 244 Å². The maximum atomic E-state index is 6.43. The van der Waals surface area contributed by atoms with Crippen LogP contribution in [-0.2, 0) is 10.8 Å². The summed E-state index contributed by atoms with van der Waals surface area (Å²) in [6.07, 6.45) is 0. The van der Waals surface area contributed by atoms with Gasteiger partial charge in [0.25, 0.3) is 0 Å². The van der Waals surface area contributed by atoms with Crippen molar-refractivity contribution in [3.8, 4) is 44.5 Å². The molecule has 372 valence electrons. The molecule has 1 aliphatic heterocycles. The van der Waals surface area contributed by atoms with Crippen LogP contribution in [0.2, 0.25) is 0 Å². The van der Waals surface area contributed by atoms with Crippen LogP contribution in [0.25, 0.3) is 66.4 Å². The van der Waals surface area contributed by atoms with Crippen LogP contribution in [0.1, 0.15) is 47.2 Å². The van der Waals surface area contributed by atoms with E-state index >= 15 is 0 Å². The second-order valence-corrected chi connectivity index (χ2v) is 26.0. The summed E-state index contributed by atoms with van der Waals surface area (Å²) in [5.41, 5.74) is 22.5. The van der Waals surface area contributed by atoms with Crippen LogP contribution in [0.15, 0.2) is 290 Å². The van der Waals surface area contributed by atoms with Crippen LogP contribution < -0.4 is 25.6 Å². The molecule has 1 atom stereocenters. The van der Waals surface area contributed by atoms with Gasteiger partial charge in [-0.3, -0.25) is 0 Å². The van der Waals surface area contributed by atoms with Gasteiger partial charge in [0.2, 0.25) is 0 Å². The van der Waals surface area contributed by atoms with Gasteiger partial charge in [-0.2, -0.15) is 0 Å². The van der Waals surface area contributed by atoms with E-state index in [2.05, 4.69) is 298 Å². The lowest BCUT2D eigenvalue weighted by Gasteiger charge is -2.35. The van der Waals surface area contributed by atoms with Crippen molar-refractivity contribution in [3.05, 3.63) is 318 Å². The van der Waals surface area contributed by atoms with Crippen LogP contribution in [0, 0.1) is 0 Å². The second kappa shape index (κ2) is 17.2. The van der Waals surface area contributed by atoms with Crippen LogP contribution >= 0.6 is 0 Å². The molecule has 12 aromatic carbocycles. The fourth-order valence-corrected chi connectivity index (χ4v) is 19.8. The normalized spacial score (nSPS) is 15.7. The average Bonchev–Trinajstić information content (AvgIpc) is 2.58.